The maximum absolute atomic E-state index is 12.5. The molecule has 0 aliphatic carbocycles. The van der Waals surface area contributed by atoms with E-state index in [1.807, 2.05) is 0 Å². The summed E-state index contributed by atoms with van der Waals surface area (Å²) in [6, 6.07) is 2.78. The Morgan fingerprint density at radius 1 is 1.26 bits per heavy atom. The zero-order valence-corrected chi connectivity index (χ0v) is 11.6. The fourth-order valence-electron chi connectivity index (χ4n) is 2.22. The molecule has 0 unspecified atom stereocenters. The number of nitrogens with zero attached hydrogens (tertiary/aromatic N) is 3. The van der Waals surface area contributed by atoms with E-state index < -0.39 is 23.1 Å². The molecule has 0 aromatic heterocycles. The summed E-state index contributed by atoms with van der Waals surface area (Å²) in [5, 5.41) is 19.7. The Kier molecular flexibility index (Phi) is 4.48. The van der Waals surface area contributed by atoms with Gasteiger partial charge in [0.15, 0.2) is 5.75 Å². The molecule has 0 saturated carbocycles. The molecule has 0 atom stereocenters. The van der Waals surface area contributed by atoms with Gasteiger partial charge in [-0.15, -0.1) is 13.2 Å². The molecule has 1 aromatic rings. The summed E-state index contributed by atoms with van der Waals surface area (Å²) in [7, 11) is 0. The van der Waals surface area contributed by atoms with Crippen LogP contribution < -0.4 is 9.64 Å². The van der Waals surface area contributed by atoms with Crippen LogP contribution in [0.5, 0.6) is 5.75 Å². The Bertz CT molecular complexity index is 614. The summed E-state index contributed by atoms with van der Waals surface area (Å²) in [6.45, 7) is 0.344. The van der Waals surface area contributed by atoms with E-state index in [0.717, 1.165) is 23.1 Å². The van der Waals surface area contributed by atoms with Crippen LogP contribution in [0.1, 0.15) is 0 Å². The summed E-state index contributed by atoms with van der Waals surface area (Å²) in [5.41, 5.74) is -0.475. The number of alkyl halides is 3. The van der Waals surface area contributed by atoms with Crippen LogP contribution in [-0.2, 0) is 0 Å². The van der Waals surface area contributed by atoms with E-state index >= 15 is 0 Å². The van der Waals surface area contributed by atoms with Crippen LogP contribution in [0.4, 0.5) is 29.3 Å². The van der Waals surface area contributed by atoms with E-state index in [2.05, 4.69) is 4.74 Å². The highest BCUT2D eigenvalue weighted by Crippen LogP contribution is 2.36. The van der Waals surface area contributed by atoms with Crippen molar-refractivity contribution in [2.45, 2.75) is 6.36 Å². The van der Waals surface area contributed by atoms with Crippen molar-refractivity contribution in [2.75, 3.05) is 31.1 Å². The number of hydrogen-bond acceptors (Lipinski definition) is 5. The summed E-state index contributed by atoms with van der Waals surface area (Å²) in [6.07, 6.45) is -6.07. The van der Waals surface area contributed by atoms with E-state index in [1.165, 1.54) is 4.90 Å². The van der Waals surface area contributed by atoms with Gasteiger partial charge in [0, 0.05) is 38.3 Å². The lowest BCUT2D eigenvalue weighted by molar-refractivity contribution is -0.384. The van der Waals surface area contributed by atoms with Gasteiger partial charge in [-0.2, -0.15) is 0 Å². The van der Waals surface area contributed by atoms with E-state index in [1.54, 1.807) is 0 Å². The molecular formula is C12H12F3N3O5. The molecule has 0 bridgehead atoms. The average Bonchev–Trinajstić information content (AvgIpc) is 2.46. The van der Waals surface area contributed by atoms with Crippen molar-refractivity contribution in [3.8, 4) is 5.75 Å². The first-order valence-electron chi connectivity index (χ1n) is 6.44. The number of hydrogen-bond donors (Lipinski definition) is 1. The first-order valence-corrected chi connectivity index (χ1v) is 6.44. The number of ether oxygens (including phenoxy) is 1. The van der Waals surface area contributed by atoms with Gasteiger partial charge in [0.05, 0.1) is 10.6 Å². The normalized spacial score (nSPS) is 15.4. The third kappa shape index (κ3) is 4.14. The van der Waals surface area contributed by atoms with Gasteiger partial charge in [-0.25, -0.2) is 4.79 Å². The van der Waals surface area contributed by atoms with Gasteiger partial charge in [-0.1, -0.05) is 0 Å². The van der Waals surface area contributed by atoms with Gasteiger partial charge >= 0.3 is 12.5 Å². The molecule has 8 nitrogen and oxygen atoms in total. The largest absolute Gasteiger partial charge is 0.573 e. The molecular weight excluding hydrogens is 323 g/mol. The minimum Gasteiger partial charge on any atom is -0.465 e. The van der Waals surface area contributed by atoms with Crippen molar-refractivity contribution in [3.63, 3.8) is 0 Å². The summed E-state index contributed by atoms with van der Waals surface area (Å²) < 4.78 is 41.3. The Balaban J connectivity index is 2.29. The molecule has 1 heterocycles. The standard InChI is InChI=1S/C12H12F3N3O5/c13-12(14,15)23-10-2-1-8(18(21)22)7-9(10)16-3-5-17(6-4-16)11(19)20/h1-2,7H,3-6H2,(H,19,20). The zero-order valence-electron chi connectivity index (χ0n) is 11.6. The molecule has 0 spiro atoms. The van der Waals surface area contributed by atoms with Gasteiger partial charge in [-0.05, 0) is 6.07 Å². The lowest BCUT2D eigenvalue weighted by Crippen LogP contribution is -2.48. The predicted octanol–water partition coefficient (Wildman–Crippen LogP) is 2.29. The number of nitro benzene ring substituents is 1. The molecule has 0 radical (unpaired) electrons. The highest BCUT2D eigenvalue weighted by Gasteiger charge is 2.34. The summed E-state index contributed by atoms with van der Waals surface area (Å²) in [4.78, 5) is 23.5. The quantitative estimate of drug-likeness (QED) is 0.672. The average molecular weight is 335 g/mol. The van der Waals surface area contributed by atoms with Crippen LogP contribution in [-0.4, -0.2) is 53.6 Å². The van der Waals surface area contributed by atoms with Crippen molar-refractivity contribution >= 4 is 17.5 Å². The molecule has 1 fully saturated rings. The minimum atomic E-state index is -4.94. The second-order valence-corrected chi connectivity index (χ2v) is 4.71. The summed E-state index contributed by atoms with van der Waals surface area (Å²) in [5.74, 6) is -0.563. The van der Waals surface area contributed by atoms with Crippen molar-refractivity contribution in [3.05, 3.63) is 28.3 Å². The highest BCUT2D eigenvalue weighted by atomic mass is 19.4. The van der Waals surface area contributed by atoms with Crippen LogP contribution >= 0.6 is 0 Å². The van der Waals surface area contributed by atoms with E-state index in [4.69, 9.17) is 5.11 Å². The van der Waals surface area contributed by atoms with Crippen molar-refractivity contribution in [1.82, 2.24) is 4.90 Å². The minimum absolute atomic E-state index is 0.0729. The fourth-order valence-corrected chi connectivity index (χ4v) is 2.22. The molecule has 1 aromatic carbocycles. The number of piperazine rings is 1. The topological polar surface area (TPSA) is 96.2 Å². The second-order valence-electron chi connectivity index (χ2n) is 4.71. The molecule has 1 amide bonds. The van der Waals surface area contributed by atoms with Gasteiger partial charge in [0.2, 0.25) is 0 Å². The number of nitro groups is 1. The number of halogens is 3. The zero-order chi connectivity index (χ0) is 17.2. The van der Waals surface area contributed by atoms with Gasteiger partial charge < -0.3 is 19.6 Å². The molecule has 11 heteroatoms. The molecule has 23 heavy (non-hydrogen) atoms. The third-order valence-electron chi connectivity index (χ3n) is 3.27. The second kappa shape index (κ2) is 6.18. The van der Waals surface area contributed by atoms with Gasteiger partial charge in [0.1, 0.15) is 0 Å². The van der Waals surface area contributed by atoms with Crippen molar-refractivity contribution in [2.24, 2.45) is 0 Å². The maximum Gasteiger partial charge on any atom is 0.573 e. The number of anilines is 1. The van der Waals surface area contributed by atoms with Crippen LogP contribution in [0.15, 0.2) is 18.2 Å². The number of rotatable bonds is 3. The molecule has 1 saturated heterocycles. The lowest BCUT2D eigenvalue weighted by atomic mass is 10.2. The number of benzene rings is 1. The smallest absolute Gasteiger partial charge is 0.465 e. The van der Waals surface area contributed by atoms with E-state index in [-0.39, 0.29) is 37.6 Å². The molecule has 1 aliphatic rings. The highest BCUT2D eigenvalue weighted by molar-refractivity contribution is 5.67. The van der Waals surface area contributed by atoms with Crippen LogP contribution in [0.3, 0.4) is 0 Å². The first kappa shape index (κ1) is 16.6. The predicted molar refractivity (Wildman–Crippen MR) is 71.6 cm³/mol. The molecule has 1 aliphatic heterocycles. The SMILES string of the molecule is O=C(O)N1CCN(c2cc([N+](=O)[O-])ccc2OC(F)(F)F)CC1. The third-order valence-corrected chi connectivity index (χ3v) is 3.27. The van der Waals surface area contributed by atoms with Gasteiger partial charge in [-0.3, -0.25) is 10.1 Å². The number of non-ortho nitro benzene ring substituents is 1. The Labute approximate surface area is 127 Å². The van der Waals surface area contributed by atoms with Gasteiger partial charge in [0.25, 0.3) is 5.69 Å². The van der Waals surface area contributed by atoms with Crippen LogP contribution in [0.25, 0.3) is 0 Å². The van der Waals surface area contributed by atoms with Crippen molar-refractivity contribution in [1.29, 1.82) is 0 Å². The lowest BCUT2D eigenvalue weighted by Gasteiger charge is -2.35. The molecule has 2 rings (SSSR count). The molecule has 1 N–H and O–H groups in total. The molecule has 126 valence electrons. The number of carbonyl (C=O) groups is 1. The van der Waals surface area contributed by atoms with Crippen molar-refractivity contribution < 1.29 is 32.7 Å². The maximum atomic E-state index is 12.5. The fraction of sp³-hybridized carbons (Fsp3) is 0.417. The van der Waals surface area contributed by atoms with Crippen LogP contribution in [0.2, 0.25) is 0 Å². The first-order chi connectivity index (χ1) is 10.7. The number of amides is 1. The summed E-state index contributed by atoms with van der Waals surface area (Å²) >= 11 is 0. The monoisotopic (exact) mass is 335 g/mol. The van der Waals surface area contributed by atoms with E-state index in [9.17, 15) is 28.1 Å². The Morgan fingerprint density at radius 3 is 2.35 bits per heavy atom. The van der Waals surface area contributed by atoms with Crippen LogP contribution in [0, 0.1) is 10.1 Å². The Morgan fingerprint density at radius 2 is 1.87 bits per heavy atom. The van der Waals surface area contributed by atoms with E-state index in [0.29, 0.717) is 0 Å². The number of carboxylic acid groups (broad SMARTS) is 1. The Hall–Kier alpha value is -2.72.